The lowest BCUT2D eigenvalue weighted by atomic mass is 10.0. The summed E-state index contributed by atoms with van der Waals surface area (Å²) in [6, 6.07) is 4.88. The van der Waals surface area contributed by atoms with Crippen LogP contribution in [0.15, 0.2) is 18.2 Å². The van der Waals surface area contributed by atoms with E-state index in [1.54, 1.807) is 18.2 Å². The highest BCUT2D eigenvalue weighted by Gasteiger charge is 2.31. The largest absolute Gasteiger partial charge is 0.487 e. The Morgan fingerprint density at radius 3 is 2.48 bits per heavy atom. The fraction of sp³-hybridized carbons (Fsp3) is 0.600. The van der Waals surface area contributed by atoms with Crippen LogP contribution in [0, 0.1) is 10.1 Å². The van der Waals surface area contributed by atoms with E-state index < -0.39 is 4.92 Å². The Kier molecular flexibility index (Phi) is 5.01. The molecule has 2 rings (SSSR count). The highest BCUT2D eigenvalue weighted by atomic mass is 16.6. The van der Waals surface area contributed by atoms with E-state index >= 15 is 0 Å². The number of ether oxygens (including phenoxy) is 2. The molecule has 1 saturated carbocycles. The van der Waals surface area contributed by atoms with E-state index in [0.29, 0.717) is 13.2 Å². The molecule has 0 aromatic heterocycles. The fourth-order valence-corrected chi connectivity index (χ4v) is 2.57. The van der Waals surface area contributed by atoms with Crippen molar-refractivity contribution in [3.63, 3.8) is 0 Å². The van der Waals surface area contributed by atoms with Crippen LogP contribution in [0.1, 0.15) is 39.0 Å². The number of benzene rings is 1. The van der Waals surface area contributed by atoms with Gasteiger partial charge in [0.05, 0.1) is 17.1 Å². The van der Waals surface area contributed by atoms with Gasteiger partial charge in [-0.05, 0) is 31.4 Å². The first kappa shape index (κ1) is 15.6. The second-order valence-electron chi connectivity index (χ2n) is 5.57. The van der Waals surface area contributed by atoms with Gasteiger partial charge in [-0.25, -0.2) is 0 Å². The number of nitro groups is 1. The number of rotatable bonds is 7. The van der Waals surface area contributed by atoms with Gasteiger partial charge in [-0.3, -0.25) is 10.1 Å². The number of para-hydroxylation sites is 1. The first-order valence-electron chi connectivity index (χ1n) is 7.37. The molecule has 0 atom stereocenters. The highest BCUT2D eigenvalue weighted by Crippen LogP contribution is 2.37. The fourth-order valence-electron chi connectivity index (χ4n) is 2.57. The summed E-state index contributed by atoms with van der Waals surface area (Å²) in [5.41, 5.74) is 5.74. The van der Waals surface area contributed by atoms with Crippen LogP contribution in [0.3, 0.4) is 0 Å². The van der Waals surface area contributed by atoms with Crippen LogP contribution in [-0.2, 0) is 0 Å². The summed E-state index contributed by atoms with van der Waals surface area (Å²) in [6.45, 7) is 2.68. The molecule has 0 bridgehead atoms. The topological polar surface area (TPSA) is 87.6 Å². The number of nitrogens with zero attached hydrogens (tertiary/aromatic N) is 1. The number of hydrogen-bond acceptors (Lipinski definition) is 5. The summed E-state index contributed by atoms with van der Waals surface area (Å²) >= 11 is 0. The minimum absolute atomic E-state index is 0.118. The predicted octanol–water partition coefficient (Wildman–Crippen LogP) is 3.03. The molecule has 0 heterocycles. The molecule has 1 fully saturated rings. The Morgan fingerprint density at radius 1 is 1.29 bits per heavy atom. The van der Waals surface area contributed by atoms with Gasteiger partial charge in [-0.2, -0.15) is 0 Å². The third-order valence-corrected chi connectivity index (χ3v) is 3.72. The Hall–Kier alpha value is -1.82. The van der Waals surface area contributed by atoms with E-state index in [9.17, 15) is 10.1 Å². The standard InChI is InChI=1S/C15H22N2O4/c1-2-10-20-12-6-5-7-13(14(12)17(18)19)21-11-15(16)8-3-4-9-15/h5-7H,2-4,8-11,16H2,1H3. The molecule has 116 valence electrons. The summed E-state index contributed by atoms with van der Waals surface area (Å²) in [4.78, 5) is 10.8. The van der Waals surface area contributed by atoms with Gasteiger partial charge >= 0.3 is 5.69 Å². The van der Waals surface area contributed by atoms with E-state index in [0.717, 1.165) is 32.1 Å². The van der Waals surface area contributed by atoms with Crippen molar-refractivity contribution in [2.75, 3.05) is 13.2 Å². The molecule has 0 amide bonds. The van der Waals surface area contributed by atoms with Gasteiger partial charge in [0, 0.05) is 0 Å². The van der Waals surface area contributed by atoms with E-state index in [1.165, 1.54) is 0 Å². The third-order valence-electron chi connectivity index (χ3n) is 3.72. The number of nitro benzene ring substituents is 1. The molecule has 1 aliphatic carbocycles. The van der Waals surface area contributed by atoms with Gasteiger partial charge in [0.1, 0.15) is 6.61 Å². The van der Waals surface area contributed by atoms with Gasteiger partial charge < -0.3 is 15.2 Å². The minimum Gasteiger partial charge on any atom is -0.487 e. The first-order chi connectivity index (χ1) is 10.1. The lowest BCUT2D eigenvalue weighted by Gasteiger charge is -2.23. The zero-order chi connectivity index (χ0) is 15.3. The molecule has 1 aliphatic rings. The Balaban J connectivity index is 2.15. The van der Waals surface area contributed by atoms with Crippen molar-refractivity contribution in [3.05, 3.63) is 28.3 Å². The maximum Gasteiger partial charge on any atom is 0.352 e. The summed E-state index contributed by atoms with van der Waals surface area (Å²) < 4.78 is 11.1. The van der Waals surface area contributed by atoms with Crippen molar-refractivity contribution in [1.29, 1.82) is 0 Å². The van der Waals surface area contributed by atoms with Crippen molar-refractivity contribution in [2.45, 2.75) is 44.6 Å². The molecule has 0 unspecified atom stereocenters. The van der Waals surface area contributed by atoms with Crippen LogP contribution in [0.5, 0.6) is 11.5 Å². The van der Waals surface area contributed by atoms with Crippen molar-refractivity contribution in [1.82, 2.24) is 0 Å². The molecule has 21 heavy (non-hydrogen) atoms. The van der Waals surface area contributed by atoms with E-state index in [-0.39, 0.29) is 22.7 Å². The molecule has 1 aromatic rings. The van der Waals surface area contributed by atoms with Crippen LogP contribution < -0.4 is 15.2 Å². The SMILES string of the molecule is CCCOc1cccc(OCC2(N)CCCC2)c1[N+](=O)[O-]. The summed E-state index contributed by atoms with van der Waals surface area (Å²) in [5, 5.41) is 11.3. The predicted molar refractivity (Wildman–Crippen MR) is 79.8 cm³/mol. The summed E-state index contributed by atoms with van der Waals surface area (Å²) in [6.07, 6.45) is 4.75. The maximum atomic E-state index is 11.3. The number of hydrogen-bond donors (Lipinski definition) is 1. The van der Waals surface area contributed by atoms with Crippen LogP contribution in [0.2, 0.25) is 0 Å². The minimum atomic E-state index is -0.460. The summed E-state index contributed by atoms with van der Waals surface area (Å²) in [7, 11) is 0. The molecule has 0 aliphatic heterocycles. The lowest BCUT2D eigenvalue weighted by Crippen LogP contribution is -2.42. The molecule has 2 N–H and O–H groups in total. The second-order valence-corrected chi connectivity index (χ2v) is 5.57. The van der Waals surface area contributed by atoms with Crippen molar-refractivity contribution in [2.24, 2.45) is 5.73 Å². The van der Waals surface area contributed by atoms with Crippen molar-refractivity contribution in [3.8, 4) is 11.5 Å². The zero-order valence-electron chi connectivity index (χ0n) is 12.3. The lowest BCUT2D eigenvalue weighted by molar-refractivity contribution is -0.386. The monoisotopic (exact) mass is 294 g/mol. The van der Waals surface area contributed by atoms with E-state index in [2.05, 4.69) is 0 Å². The summed E-state index contributed by atoms with van der Waals surface area (Å²) in [5.74, 6) is 0.474. The molecule has 6 nitrogen and oxygen atoms in total. The van der Waals surface area contributed by atoms with Gasteiger partial charge in [-0.1, -0.05) is 25.8 Å². The molecular weight excluding hydrogens is 272 g/mol. The van der Waals surface area contributed by atoms with Crippen LogP contribution in [-0.4, -0.2) is 23.7 Å². The average molecular weight is 294 g/mol. The molecule has 0 saturated heterocycles. The Morgan fingerprint density at radius 2 is 1.90 bits per heavy atom. The molecule has 0 radical (unpaired) electrons. The molecular formula is C15H22N2O4. The highest BCUT2D eigenvalue weighted by molar-refractivity contribution is 5.57. The Bertz CT molecular complexity index is 498. The van der Waals surface area contributed by atoms with Gasteiger partial charge in [0.15, 0.2) is 0 Å². The zero-order valence-corrected chi connectivity index (χ0v) is 12.3. The van der Waals surface area contributed by atoms with Gasteiger partial charge in [0.25, 0.3) is 0 Å². The third kappa shape index (κ3) is 3.85. The average Bonchev–Trinajstić information content (AvgIpc) is 2.90. The smallest absolute Gasteiger partial charge is 0.352 e. The van der Waals surface area contributed by atoms with Gasteiger partial charge in [-0.15, -0.1) is 0 Å². The first-order valence-corrected chi connectivity index (χ1v) is 7.37. The van der Waals surface area contributed by atoms with Gasteiger partial charge in [0.2, 0.25) is 11.5 Å². The van der Waals surface area contributed by atoms with Crippen molar-refractivity contribution < 1.29 is 14.4 Å². The van der Waals surface area contributed by atoms with Crippen LogP contribution in [0.25, 0.3) is 0 Å². The normalized spacial score (nSPS) is 16.7. The van der Waals surface area contributed by atoms with Crippen molar-refractivity contribution >= 4 is 5.69 Å². The molecule has 6 heteroatoms. The molecule has 0 spiro atoms. The quantitative estimate of drug-likeness (QED) is 0.617. The second kappa shape index (κ2) is 6.76. The van der Waals surface area contributed by atoms with E-state index in [4.69, 9.17) is 15.2 Å². The maximum absolute atomic E-state index is 11.3. The molecule has 1 aromatic carbocycles. The van der Waals surface area contributed by atoms with E-state index in [1.807, 2.05) is 6.92 Å². The van der Waals surface area contributed by atoms with Crippen LogP contribution in [0.4, 0.5) is 5.69 Å². The van der Waals surface area contributed by atoms with Crippen LogP contribution >= 0.6 is 0 Å². The Labute approximate surface area is 124 Å². The number of nitrogens with two attached hydrogens (primary N) is 1.